The van der Waals surface area contributed by atoms with Crippen LogP contribution in [0.3, 0.4) is 0 Å². The second kappa shape index (κ2) is 11.5. The normalized spacial score (nSPS) is 16.1. The van der Waals surface area contributed by atoms with Crippen LogP contribution in [0.15, 0.2) is 60.9 Å². The number of aromatic nitrogens is 2. The lowest BCUT2D eigenvalue weighted by molar-refractivity contribution is 0.136. The van der Waals surface area contributed by atoms with Gasteiger partial charge >= 0.3 is 6.09 Å². The van der Waals surface area contributed by atoms with Gasteiger partial charge in [0.25, 0.3) is 0 Å². The van der Waals surface area contributed by atoms with Gasteiger partial charge in [-0.25, -0.2) is 27.5 Å². The van der Waals surface area contributed by atoms with Crippen molar-refractivity contribution < 1.29 is 23.1 Å². The second-order valence-corrected chi connectivity index (χ2v) is 10.7. The van der Waals surface area contributed by atoms with E-state index in [1.165, 1.54) is 4.31 Å². The van der Waals surface area contributed by atoms with E-state index in [4.69, 9.17) is 4.74 Å². The molecule has 1 aliphatic rings. The van der Waals surface area contributed by atoms with Crippen molar-refractivity contribution in [3.05, 3.63) is 66.7 Å². The predicted molar refractivity (Wildman–Crippen MR) is 133 cm³/mol. The Bertz CT molecular complexity index is 1230. The molecule has 35 heavy (non-hydrogen) atoms. The fourth-order valence-corrected chi connectivity index (χ4v) is 6.14. The van der Waals surface area contributed by atoms with Gasteiger partial charge in [0.15, 0.2) is 0 Å². The number of benzene rings is 2. The predicted octanol–water partition coefficient (Wildman–Crippen LogP) is 3.46. The van der Waals surface area contributed by atoms with Gasteiger partial charge in [-0.2, -0.15) is 0 Å². The molecule has 2 N–H and O–H groups in total. The zero-order chi connectivity index (χ0) is 24.7. The largest absolute Gasteiger partial charge is 0.490 e. The summed E-state index contributed by atoms with van der Waals surface area (Å²) in [5.41, 5.74) is 0. The number of rotatable bonds is 10. The fraction of sp³-hybridized carbons (Fsp3) is 0.400. The van der Waals surface area contributed by atoms with Gasteiger partial charge in [-0.05, 0) is 43.2 Å². The second-order valence-electron chi connectivity index (χ2n) is 8.68. The SMILES string of the molecule is O=C(O)NC(CCCc1ncccn1)CS(=O)(=O)N1CCC(Oc2cccc3ccccc23)CC1. The highest BCUT2D eigenvalue weighted by Crippen LogP contribution is 2.28. The average Bonchev–Trinajstić information content (AvgIpc) is 2.85. The molecule has 2 heterocycles. The molecule has 1 saturated heterocycles. The quantitative estimate of drug-likeness (QED) is 0.439. The van der Waals surface area contributed by atoms with E-state index in [1.807, 2.05) is 42.5 Å². The number of sulfonamides is 1. The number of fused-ring (bicyclic) bond motifs is 1. The highest BCUT2D eigenvalue weighted by molar-refractivity contribution is 7.89. The summed E-state index contributed by atoms with van der Waals surface area (Å²) in [6.07, 6.45) is 4.64. The van der Waals surface area contributed by atoms with E-state index in [9.17, 15) is 18.3 Å². The van der Waals surface area contributed by atoms with Crippen LogP contribution in [0.2, 0.25) is 0 Å². The third-order valence-corrected chi connectivity index (χ3v) is 8.12. The van der Waals surface area contributed by atoms with Crippen molar-refractivity contribution in [2.24, 2.45) is 0 Å². The first-order valence-corrected chi connectivity index (χ1v) is 13.4. The number of amides is 1. The summed E-state index contributed by atoms with van der Waals surface area (Å²) in [5.74, 6) is 1.18. The van der Waals surface area contributed by atoms with Gasteiger partial charge < -0.3 is 15.2 Å². The summed E-state index contributed by atoms with van der Waals surface area (Å²) in [7, 11) is -3.63. The molecule has 0 radical (unpaired) electrons. The van der Waals surface area contributed by atoms with Crippen molar-refractivity contribution >= 4 is 26.9 Å². The number of nitrogens with one attached hydrogen (secondary N) is 1. The van der Waals surface area contributed by atoms with Gasteiger partial charge in [0.1, 0.15) is 17.7 Å². The van der Waals surface area contributed by atoms with E-state index in [2.05, 4.69) is 15.3 Å². The highest BCUT2D eigenvalue weighted by Gasteiger charge is 2.31. The van der Waals surface area contributed by atoms with Crippen LogP contribution in [0, 0.1) is 0 Å². The molecule has 0 aliphatic carbocycles. The molecule has 10 heteroatoms. The Morgan fingerprint density at radius 1 is 1.09 bits per heavy atom. The molecule has 2 aromatic carbocycles. The maximum atomic E-state index is 13.1. The molecule has 1 amide bonds. The van der Waals surface area contributed by atoms with Crippen LogP contribution < -0.4 is 10.1 Å². The van der Waals surface area contributed by atoms with E-state index in [1.54, 1.807) is 18.5 Å². The van der Waals surface area contributed by atoms with Crippen molar-refractivity contribution in [1.82, 2.24) is 19.6 Å². The van der Waals surface area contributed by atoms with Crippen LogP contribution in [0.25, 0.3) is 10.8 Å². The maximum absolute atomic E-state index is 13.1. The van der Waals surface area contributed by atoms with Crippen molar-refractivity contribution in [2.45, 2.75) is 44.2 Å². The lowest BCUT2D eigenvalue weighted by Crippen LogP contribution is -2.47. The minimum absolute atomic E-state index is 0.0777. The van der Waals surface area contributed by atoms with E-state index >= 15 is 0 Å². The van der Waals surface area contributed by atoms with Crippen molar-refractivity contribution in [2.75, 3.05) is 18.8 Å². The maximum Gasteiger partial charge on any atom is 0.404 e. The summed E-state index contributed by atoms with van der Waals surface area (Å²) in [5, 5.41) is 13.7. The molecule has 1 aromatic heterocycles. The highest BCUT2D eigenvalue weighted by atomic mass is 32.2. The first-order valence-electron chi connectivity index (χ1n) is 11.8. The van der Waals surface area contributed by atoms with E-state index in [0.29, 0.717) is 51.0 Å². The molecular formula is C25H30N4O5S. The Morgan fingerprint density at radius 2 is 1.80 bits per heavy atom. The van der Waals surface area contributed by atoms with Gasteiger partial charge in [0.2, 0.25) is 10.0 Å². The summed E-state index contributed by atoms with van der Waals surface area (Å²) in [6, 6.07) is 15.0. The zero-order valence-corrected chi connectivity index (χ0v) is 20.2. The van der Waals surface area contributed by atoms with Crippen LogP contribution in [0.1, 0.15) is 31.5 Å². The summed E-state index contributed by atoms with van der Waals surface area (Å²) >= 11 is 0. The molecule has 9 nitrogen and oxygen atoms in total. The molecule has 4 rings (SSSR count). The topological polar surface area (TPSA) is 122 Å². The number of hydrogen-bond acceptors (Lipinski definition) is 6. The minimum atomic E-state index is -3.63. The van der Waals surface area contributed by atoms with Gasteiger partial charge in [-0.3, -0.25) is 0 Å². The number of aryl methyl sites for hydroxylation is 1. The van der Waals surface area contributed by atoms with Crippen LogP contribution in [0.5, 0.6) is 5.75 Å². The molecule has 0 bridgehead atoms. The van der Waals surface area contributed by atoms with Crippen LogP contribution in [0.4, 0.5) is 4.79 Å². The average molecular weight is 499 g/mol. The smallest absolute Gasteiger partial charge is 0.404 e. The molecular weight excluding hydrogens is 468 g/mol. The third kappa shape index (κ3) is 6.89. The Morgan fingerprint density at radius 3 is 2.54 bits per heavy atom. The summed E-state index contributed by atoms with van der Waals surface area (Å²) in [6.45, 7) is 0.685. The fourth-order valence-electron chi connectivity index (χ4n) is 4.40. The van der Waals surface area contributed by atoms with E-state index in [-0.39, 0.29) is 11.9 Å². The Labute approximate surface area is 205 Å². The standard InChI is InChI=1S/C25H30N4O5S/c30-25(31)28-20(8-4-11-24-26-14-5-15-27-24)18-35(32,33)29-16-12-21(13-17-29)34-23-10-3-7-19-6-1-2-9-22(19)23/h1-3,5-7,9-10,14-15,20-21,28H,4,8,11-13,16-18H2,(H,30,31). The molecule has 1 aliphatic heterocycles. The summed E-state index contributed by atoms with van der Waals surface area (Å²) in [4.78, 5) is 19.6. The number of hydrogen-bond donors (Lipinski definition) is 2. The Balaban J connectivity index is 1.31. The van der Waals surface area contributed by atoms with Gasteiger partial charge in [0, 0.05) is 43.3 Å². The van der Waals surface area contributed by atoms with Gasteiger partial charge in [-0.15, -0.1) is 0 Å². The third-order valence-electron chi connectivity index (χ3n) is 6.15. The summed E-state index contributed by atoms with van der Waals surface area (Å²) < 4.78 is 33.8. The lowest BCUT2D eigenvalue weighted by atomic mass is 10.1. The molecule has 0 spiro atoms. The van der Waals surface area contributed by atoms with Crippen LogP contribution >= 0.6 is 0 Å². The van der Waals surface area contributed by atoms with Crippen molar-refractivity contribution in [1.29, 1.82) is 0 Å². The first kappa shape index (κ1) is 24.9. The minimum Gasteiger partial charge on any atom is -0.490 e. The number of piperidine rings is 1. The number of ether oxygens (including phenoxy) is 1. The molecule has 1 atom stereocenters. The molecule has 186 valence electrons. The molecule has 0 saturated carbocycles. The van der Waals surface area contributed by atoms with Crippen LogP contribution in [-0.4, -0.2) is 64.9 Å². The monoisotopic (exact) mass is 498 g/mol. The zero-order valence-electron chi connectivity index (χ0n) is 19.4. The van der Waals surface area contributed by atoms with Crippen molar-refractivity contribution in [3.8, 4) is 5.75 Å². The lowest BCUT2D eigenvalue weighted by Gasteiger charge is -2.32. The Kier molecular flexibility index (Phi) is 8.14. The number of carbonyl (C=O) groups is 1. The number of nitrogens with zero attached hydrogens (tertiary/aromatic N) is 3. The molecule has 1 unspecified atom stereocenters. The Hall–Kier alpha value is -3.24. The van der Waals surface area contributed by atoms with Crippen molar-refractivity contribution in [3.63, 3.8) is 0 Å². The van der Waals surface area contributed by atoms with E-state index in [0.717, 1.165) is 16.5 Å². The van der Waals surface area contributed by atoms with Gasteiger partial charge in [0.05, 0.1) is 5.75 Å². The molecule has 3 aromatic rings. The van der Waals surface area contributed by atoms with Gasteiger partial charge in [-0.1, -0.05) is 36.4 Å². The molecule has 1 fully saturated rings. The first-order chi connectivity index (χ1) is 16.9. The van der Waals surface area contributed by atoms with Crippen LogP contribution in [-0.2, 0) is 16.4 Å². The number of carboxylic acid groups (broad SMARTS) is 1. The van der Waals surface area contributed by atoms with E-state index < -0.39 is 22.2 Å².